The third-order valence-electron chi connectivity index (χ3n) is 4.61. The largest absolute Gasteiger partial charge is 0.433 e. The van der Waals surface area contributed by atoms with Crippen molar-refractivity contribution in [2.45, 2.75) is 19.6 Å². The quantitative estimate of drug-likeness (QED) is 0.497. The van der Waals surface area contributed by atoms with Crippen molar-refractivity contribution >= 4 is 22.9 Å². The van der Waals surface area contributed by atoms with Gasteiger partial charge in [0.15, 0.2) is 11.3 Å². The first-order chi connectivity index (χ1) is 14.8. The number of imidazole rings is 1. The molecule has 7 nitrogen and oxygen atoms in total. The first-order valence-corrected chi connectivity index (χ1v) is 9.28. The predicted octanol–water partition coefficient (Wildman–Crippen LogP) is 4.32. The number of nitrogens with one attached hydrogen (secondary N) is 2. The minimum atomic E-state index is -4.47. The van der Waals surface area contributed by atoms with Gasteiger partial charge in [0.05, 0.1) is 6.20 Å². The van der Waals surface area contributed by atoms with Gasteiger partial charge in [-0.05, 0) is 48.4 Å². The molecule has 4 aromatic rings. The first kappa shape index (κ1) is 20.3. The van der Waals surface area contributed by atoms with Crippen LogP contribution in [0.15, 0.2) is 61.1 Å². The summed E-state index contributed by atoms with van der Waals surface area (Å²) in [6, 6.07) is 11.2. The van der Waals surface area contributed by atoms with Crippen molar-refractivity contribution in [1.29, 1.82) is 0 Å². The Hall–Kier alpha value is -3.95. The highest BCUT2D eigenvalue weighted by Crippen LogP contribution is 2.27. The van der Waals surface area contributed by atoms with Gasteiger partial charge >= 0.3 is 6.18 Å². The lowest BCUT2D eigenvalue weighted by Crippen LogP contribution is -2.16. The number of fused-ring (bicyclic) bond motifs is 1. The summed E-state index contributed by atoms with van der Waals surface area (Å²) in [4.78, 5) is 20.3. The number of carbonyl (C=O) groups is 1. The summed E-state index contributed by atoms with van der Waals surface area (Å²) < 4.78 is 39.3. The van der Waals surface area contributed by atoms with Gasteiger partial charge in [0.2, 0.25) is 0 Å². The number of aryl methyl sites for hydroxylation is 1. The number of rotatable bonds is 5. The van der Waals surface area contributed by atoms with Crippen LogP contribution in [0, 0.1) is 6.92 Å². The highest BCUT2D eigenvalue weighted by molar-refractivity contribution is 6.04. The van der Waals surface area contributed by atoms with Crippen LogP contribution in [0.5, 0.6) is 0 Å². The molecule has 3 heterocycles. The highest BCUT2D eigenvalue weighted by atomic mass is 19.4. The average molecular weight is 426 g/mol. The molecule has 31 heavy (non-hydrogen) atoms. The number of halogens is 3. The molecule has 0 radical (unpaired) electrons. The summed E-state index contributed by atoms with van der Waals surface area (Å²) in [5, 5.41) is 10.1. The van der Waals surface area contributed by atoms with Gasteiger partial charge in [0.25, 0.3) is 5.91 Å². The van der Waals surface area contributed by atoms with Crippen LogP contribution in [0.3, 0.4) is 0 Å². The van der Waals surface area contributed by atoms with Gasteiger partial charge in [-0.25, -0.2) is 9.50 Å². The second kappa shape index (κ2) is 8.05. The van der Waals surface area contributed by atoms with E-state index in [9.17, 15) is 18.0 Å². The molecule has 1 aromatic carbocycles. The molecule has 2 N–H and O–H groups in total. The maximum atomic E-state index is 12.7. The van der Waals surface area contributed by atoms with Crippen molar-refractivity contribution in [2.75, 3.05) is 10.6 Å². The van der Waals surface area contributed by atoms with Crippen LogP contribution in [-0.2, 0) is 12.7 Å². The topological polar surface area (TPSA) is 84.2 Å². The van der Waals surface area contributed by atoms with E-state index in [1.807, 2.05) is 19.1 Å². The van der Waals surface area contributed by atoms with Crippen LogP contribution >= 0.6 is 0 Å². The Morgan fingerprint density at radius 3 is 2.68 bits per heavy atom. The molecular weight excluding hydrogens is 409 g/mol. The molecule has 0 saturated carbocycles. The SMILES string of the molecule is Cc1ccc(NCc2ccc(C(F)(F)F)nc2)cc1NC(=O)c1cnc2cccnn12. The molecule has 0 atom stereocenters. The van der Waals surface area contributed by atoms with Crippen LogP contribution in [0.4, 0.5) is 24.5 Å². The smallest absolute Gasteiger partial charge is 0.381 e. The summed E-state index contributed by atoms with van der Waals surface area (Å²) in [5.41, 5.74) is 2.64. The van der Waals surface area contributed by atoms with E-state index in [0.29, 0.717) is 28.3 Å². The monoisotopic (exact) mass is 426 g/mol. The lowest BCUT2D eigenvalue weighted by atomic mass is 10.1. The summed E-state index contributed by atoms with van der Waals surface area (Å²) >= 11 is 0. The van der Waals surface area contributed by atoms with Crippen LogP contribution in [0.1, 0.15) is 27.3 Å². The number of aromatic nitrogens is 4. The second-order valence-corrected chi connectivity index (χ2v) is 6.82. The van der Waals surface area contributed by atoms with Gasteiger partial charge in [0, 0.05) is 30.3 Å². The fraction of sp³-hybridized carbons (Fsp3) is 0.143. The van der Waals surface area contributed by atoms with Crippen LogP contribution in [0.25, 0.3) is 5.65 Å². The van der Waals surface area contributed by atoms with E-state index < -0.39 is 11.9 Å². The Morgan fingerprint density at radius 1 is 1.10 bits per heavy atom. The zero-order valence-corrected chi connectivity index (χ0v) is 16.3. The van der Waals surface area contributed by atoms with E-state index in [-0.39, 0.29) is 12.5 Å². The van der Waals surface area contributed by atoms with E-state index in [0.717, 1.165) is 11.6 Å². The van der Waals surface area contributed by atoms with Crippen molar-refractivity contribution in [3.8, 4) is 0 Å². The summed E-state index contributed by atoms with van der Waals surface area (Å²) in [7, 11) is 0. The first-order valence-electron chi connectivity index (χ1n) is 9.28. The Bertz CT molecular complexity index is 1230. The molecule has 3 aromatic heterocycles. The molecule has 10 heteroatoms. The minimum absolute atomic E-state index is 0.277. The number of carbonyl (C=O) groups excluding carboxylic acids is 1. The molecule has 0 spiro atoms. The van der Waals surface area contributed by atoms with Gasteiger partial charge in [-0.2, -0.15) is 18.3 Å². The number of amides is 1. The molecular formula is C21H17F3N6O. The fourth-order valence-corrected chi connectivity index (χ4v) is 2.94. The lowest BCUT2D eigenvalue weighted by molar-refractivity contribution is -0.141. The second-order valence-electron chi connectivity index (χ2n) is 6.82. The van der Waals surface area contributed by atoms with Crippen LogP contribution < -0.4 is 10.6 Å². The maximum Gasteiger partial charge on any atom is 0.433 e. The van der Waals surface area contributed by atoms with E-state index in [1.165, 1.54) is 23.0 Å². The zero-order valence-electron chi connectivity index (χ0n) is 16.3. The Morgan fingerprint density at radius 2 is 1.94 bits per heavy atom. The molecule has 0 aliphatic heterocycles. The number of hydrogen-bond donors (Lipinski definition) is 2. The normalized spacial score (nSPS) is 11.5. The summed E-state index contributed by atoms with van der Waals surface area (Å²) in [6.45, 7) is 2.13. The van der Waals surface area contributed by atoms with Gasteiger partial charge < -0.3 is 10.6 Å². The van der Waals surface area contributed by atoms with E-state index in [1.54, 1.807) is 24.4 Å². The zero-order chi connectivity index (χ0) is 22.0. The standard InChI is InChI=1S/C21H17F3N6O/c1-13-4-6-15(25-10-14-5-7-18(26-11-14)21(22,23)24)9-16(13)29-20(31)17-12-27-19-3-2-8-28-30(17)19/h2-9,11-12,25H,10H2,1H3,(H,29,31). The molecule has 158 valence electrons. The molecule has 4 rings (SSSR count). The lowest BCUT2D eigenvalue weighted by Gasteiger charge is -2.12. The van der Waals surface area contributed by atoms with Crippen molar-refractivity contribution in [3.63, 3.8) is 0 Å². The van der Waals surface area contributed by atoms with Crippen molar-refractivity contribution < 1.29 is 18.0 Å². The van der Waals surface area contributed by atoms with Gasteiger partial charge in [-0.1, -0.05) is 12.1 Å². The number of anilines is 2. The van der Waals surface area contributed by atoms with Crippen molar-refractivity contribution in [2.24, 2.45) is 0 Å². The minimum Gasteiger partial charge on any atom is -0.381 e. The summed E-state index contributed by atoms with van der Waals surface area (Å²) in [6.07, 6.45) is -0.263. The van der Waals surface area contributed by atoms with Gasteiger partial charge in [-0.3, -0.25) is 9.78 Å². The van der Waals surface area contributed by atoms with Gasteiger partial charge in [0.1, 0.15) is 5.69 Å². The number of hydrogen-bond acceptors (Lipinski definition) is 5. The van der Waals surface area contributed by atoms with Crippen LogP contribution in [0.2, 0.25) is 0 Å². The maximum absolute atomic E-state index is 12.7. The molecule has 0 saturated heterocycles. The fourth-order valence-electron chi connectivity index (χ4n) is 2.94. The molecule has 0 aliphatic carbocycles. The van der Waals surface area contributed by atoms with Crippen molar-refractivity contribution in [1.82, 2.24) is 19.6 Å². The van der Waals surface area contributed by atoms with E-state index in [2.05, 4.69) is 25.7 Å². The molecule has 0 aliphatic rings. The molecule has 0 bridgehead atoms. The highest BCUT2D eigenvalue weighted by Gasteiger charge is 2.31. The molecule has 0 fully saturated rings. The van der Waals surface area contributed by atoms with Gasteiger partial charge in [-0.15, -0.1) is 0 Å². The number of alkyl halides is 3. The Labute approximate surface area is 175 Å². The Balaban J connectivity index is 1.46. The molecule has 0 unspecified atom stereocenters. The third kappa shape index (κ3) is 4.47. The number of nitrogens with zero attached hydrogens (tertiary/aromatic N) is 4. The van der Waals surface area contributed by atoms with Crippen molar-refractivity contribution in [3.05, 3.63) is 83.6 Å². The third-order valence-corrected chi connectivity index (χ3v) is 4.61. The van der Waals surface area contributed by atoms with E-state index in [4.69, 9.17) is 0 Å². The van der Waals surface area contributed by atoms with E-state index >= 15 is 0 Å². The summed E-state index contributed by atoms with van der Waals surface area (Å²) in [5.74, 6) is -0.363. The average Bonchev–Trinajstić information content (AvgIpc) is 3.18. The predicted molar refractivity (Wildman–Crippen MR) is 109 cm³/mol. The Kier molecular flexibility index (Phi) is 5.28. The number of pyridine rings is 1. The van der Waals surface area contributed by atoms with Crippen LogP contribution in [-0.4, -0.2) is 25.5 Å². The number of benzene rings is 1. The molecule has 1 amide bonds.